The summed E-state index contributed by atoms with van der Waals surface area (Å²) in [7, 11) is 3.14. The maximum absolute atomic E-state index is 11.8. The van der Waals surface area contributed by atoms with Crippen LogP contribution in [-0.2, 0) is 0 Å². The van der Waals surface area contributed by atoms with E-state index < -0.39 is 0 Å². The van der Waals surface area contributed by atoms with Gasteiger partial charge in [0.15, 0.2) is 0 Å². The molecule has 0 spiro atoms. The Bertz CT molecular complexity index is 711. The fourth-order valence-corrected chi connectivity index (χ4v) is 2.51. The number of hydroxylamine groups is 1. The van der Waals surface area contributed by atoms with Crippen molar-refractivity contribution in [3.8, 4) is 5.75 Å². The van der Waals surface area contributed by atoms with Gasteiger partial charge in [0.25, 0.3) is 0 Å². The second-order valence-corrected chi connectivity index (χ2v) is 4.72. The van der Waals surface area contributed by atoms with Crippen molar-refractivity contribution < 1.29 is 9.48 Å². The second kappa shape index (κ2) is 4.85. The molecular formula is C17H15NO2. The largest absolute Gasteiger partial charge is 0.624 e. The van der Waals surface area contributed by atoms with E-state index in [0.29, 0.717) is 5.71 Å². The van der Waals surface area contributed by atoms with E-state index in [0.717, 1.165) is 32.8 Å². The van der Waals surface area contributed by atoms with Gasteiger partial charge in [-0.25, -0.2) is 4.74 Å². The summed E-state index contributed by atoms with van der Waals surface area (Å²) in [6, 6.07) is 15.9. The summed E-state index contributed by atoms with van der Waals surface area (Å²) in [6.45, 7) is 0. The van der Waals surface area contributed by atoms with Gasteiger partial charge in [-0.05, 0) is 34.9 Å². The van der Waals surface area contributed by atoms with Crippen molar-refractivity contribution in [3.05, 3.63) is 76.5 Å². The van der Waals surface area contributed by atoms with Crippen LogP contribution in [0.1, 0.15) is 16.7 Å². The molecule has 2 aromatic carbocycles. The summed E-state index contributed by atoms with van der Waals surface area (Å²) in [5, 5.41) is 11.8. The maximum atomic E-state index is 11.8. The molecule has 0 unspecified atom stereocenters. The van der Waals surface area contributed by atoms with E-state index in [-0.39, 0.29) is 0 Å². The molecule has 0 saturated carbocycles. The number of methoxy groups -OCH3 is 1. The second-order valence-electron chi connectivity index (χ2n) is 4.72. The lowest BCUT2D eigenvalue weighted by molar-refractivity contribution is -0.421. The summed E-state index contributed by atoms with van der Waals surface area (Å²) >= 11 is 0. The van der Waals surface area contributed by atoms with Crippen LogP contribution in [0, 0.1) is 5.21 Å². The van der Waals surface area contributed by atoms with E-state index in [4.69, 9.17) is 4.74 Å². The molecule has 100 valence electrons. The fraction of sp³-hybridized carbons (Fsp3) is 0.118. The number of hydrogen-bond donors (Lipinski definition) is 0. The Labute approximate surface area is 118 Å². The lowest BCUT2D eigenvalue weighted by atomic mass is 9.99. The van der Waals surface area contributed by atoms with Crippen LogP contribution < -0.4 is 4.74 Å². The molecule has 0 heterocycles. The van der Waals surface area contributed by atoms with Crippen LogP contribution in [0.5, 0.6) is 5.75 Å². The average molecular weight is 265 g/mol. The number of rotatable bonds is 2. The van der Waals surface area contributed by atoms with E-state index in [1.54, 1.807) is 7.11 Å². The Morgan fingerprint density at radius 2 is 1.75 bits per heavy atom. The molecule has 0 atom stereocenters. The number of ether oxygens (including phenoxy) is 1. The summed E-state index contributed by atoms with van der Waals surface area (Å²) in [6.07, 6.45) is 1.94. The minimum atomic E-state index is 0.665. The Morgan fingerprint density at radius 3 is 2.40 bits per heavy atom. The molecule has 20 heavy (non-hydrogen) atoms. The number of benzene rings is 2. The van der Waals surface area contributed by atoms with E-state index in [9.17, 15) is 5.21 Å². The Morgan fingerprint density at radius 1 is 1.00 bits per heavy atom. The SMILES string of the molecule is COc1ccc2c(c1)/C(=[N+](/C)[O-])C=C2c1ccccc1. The lowest BCUT2D eigenvalue weighted by Gasteiger charge is -2.07. The van der Waals surface area contributed by atoms with Crippen LogP contribution in [-0.4, -0.2) is 24.6 Å². The molecule has 0 amide bonds. The molecule has 0 radical (unpaired) electrons. The van der Waals surface area contributed by atoms with Crippen molar-refractivity contribution in [1.82, 2.24) is 0 Å². The minimum absolute atomic E-state index is 0.665. The van der Waals surface area contributed by atoms with Crippen molar-refractivity contribution >= 4 is 11.3 Å². The van der Waals surface area contributed by atoms with Crippen molar-refractivity contribution in [2.24, 2.45) is 0 Å². The van der Waals surface area contributed by atoms with E-state index in [2.05, 4.69) is 0 Å². The summed E-state index contributed by atoms with van der Waals surface area (Å²) in [5.74, 6) is 0.755. The Hall–Kier alpha value is -2.55. The minimum Gasteiger partial charge on any atom is -0.624 e. The smallest absolute Gasteiger partial charge is 0.219 e. The van der Waals surface area contributed by atoms with Gasteiger partial charge in [-0.2, -0.15) is 0 Å². The number of nitrogens with zero attached hydrogens (tertiary/aromatic N) is 1. The van der Waals surface area contributed by atoms with Gasteiger partial charge in [0, 0.05) is 6.08 Å². The fourth-order valence-electron chi connectivity index (χ4n) is 2.51. The third kappa shape index (κ3) is 1.97. The summed E-state index contributed by atoms with van der Waals surface area (Å²) in [5.41, 5.74) is 4.82. The van der Waals surface area contributed by atoms with E-state index in [1.165, 1.54) is 7.05 Å². The van der Waals surface area contributed by atoms with Crippen molar-refractivity contribution in [2.75, 3.05) is 14.2 Å². The van der Waals surface area contributed by atoms with E-state index >= 15 is 0 Å². The van der Waals surface area contributed by atoms with Gasteiger partial charge in [0.2, 0.25) is 5.71 Å². The molecule has 2 aromatic rings. The lowest BCUT2D eigenvalue weighted by Crippen LogP contribution is -2.08. The van der Waals surface area contributed by atoms with Crippen LogP contribution in [0.2, 0.25) is 0 Å². The molecule has 0 saturated heterocycles. The summed E-state index contributed by atoms with van der Waals surface area (Å²) < 4.78 is 6.15. The molecule has 0 N–H and O–H groups in total. The molecule has 1 aliphatic rings. The van der Waals surface area contributed by atoms with Gasteiger partial charge < -0.3 is 9.94 Å². The first-order chi connectivity index (χ1) is 9.70. The molecule has 1 aliphatic carbocycles. The van der Waals surface area contributed by atoms with Crippen molar-refractivity contribution in [3.63, 3.8) is 0 Å². The standard InChI is InChI=1S/C17H15NO2/c1-18(19)17-11-15(12-6-4-3-5-7-12)14-9-8-13(20-2)10-16(14)17/h3-11H,1-2H3/b18-17-. The monoisotopic (exact) mass is 265 g/mol. The molecule has 0 fully saturated rings. The molecule has 0 aliphatic heterocycles. The van der Waals surface area contributed by atoms with Gasteiger partial charge in [-0.1, -0.05) is 30.3 Å². The predicted molar refractivity (Wildman–Crippen MR) is 80.2 cm³/mol. The molecule has 3 heteroatoms. The molecule has 0 bridgehead atoms. The quantitative estimate of drug-likeness (QED) is 0.475. The first-order valence-corrected chi connectivity index (χ1v) is 6.44. The van der Waals surface area contributed by atoms with Gasteiger partial charge in [0.05, 0.1) is 12.7 Å². The molecule has 3 nitrogen and oxygen atoms in total. The van der Waals surface area contributed by atoms with Gasteiger partial charge in [0.1, 0.15) is 12.8 Å². The Kier molecular flexibility index (Phi) is 3.03. The predicted octanol–water partition coefficient (Wildman–Crippen LogP) is 3.07. The first kappa shape index (κ1) is 12.5. The van der Waals surface area contributed by atoms with Crippen LogP contribution in [0.25, 0.3) is 5.57 Å². The van der Waals surface area contributed by atoms with Crippen molar-refractivity contribution in [2.45, 2.75) is 0 Å². The number of allylic oxidation sites excluding steroid dienone is 1. The number of hydrogen-bond acceptors (Lipinski definition) is 2. The highest BCUT2D eigenvalue weighted by Gasteiger charge is 2.25. The van der Waals surface area contributed by atoms with Crippen LogP contribution in [0.4, 0.5) is 0 Å². The van der Waals surface area contributed by atoms with Gasteiger partial charge >= 0.3 is 0 Å². The molecule has 0 aromatic heterocycles. The highest BCUT2D eigenvalue weighted by Crippen LogP contribution is 2.34. The number of fused-ring (bicyclic) bond motifs is 1. The van der Waals surface area contributed by atoms with Gasteiger partial charge in [-0.3, -0.25) is 0 Å². The first-order valence-electron chi connectivity index (χ1n) is 6.44. The normalized spacial score (nSPS) is 15.6. The summed E-state index contributed by atoms with van der Waals surface area (Å²) in [4.78, 5) is 0. The zero-order chi connectivity index (χ0) is 14.1. The van der Waals surface area contributed by atoms with Crippen LogP contribution in [0.3, 0.4) is 0 Å². The zero-order valence-corrected chi connectivity index (χ0v) is 11.5. The van der Waals surface area contributed by atoms with E-state index in [1.807, 2.05) is 54.6 Å². The highest BCUT2D eigenvalue weighted by molar-refractivity contribution is 6.19. The van der Waals surface area contributed by atoms with Gasteiger partial charge in [-0.15, -0.1) is 0 Å². The average Bonchev–Trinajstić information content (AvgIpc) is 2.87. The molecule has 3 rings (SSSR count). The molecular weight excluding hydrogens is 250 g/mol. The third-order valence-corrected chi connectivity index (χ3v) is 3.50. The van der Waals surface area contributed by atoms with Crippen LogP contribution in [0.15, 0.2) is 54.6 Å². The van der Waals surface area contributed by atoms with Crippen LogP contribution >= 0.6 is 0 Å². The third-order valence-electron chi connectivity index (χ3n) is 3.50. The maximum Gasteiger partial charge on any atom is 0.219 e. The Balaban J connectivity index is 2.21. The van der Waals surface area contributed by atoms with Crippen molar-refractivity contribution in [1.29, 1.82) is 0 Å². The zero-order valence-electron chi connectivity index (χ0n) is 11.5. The topological polar surface area (TPSA) is 35.3 Å². The highest BCUT2D eigenvalue weighted by atomic mass is 16.5.